The van der Waals surface area contributed by atoms with Crippen LogP contribution in [0.5, 0.6) is 0 Å². The Morgan fingerprint density at radius 3 is 2.29 bits per heavy atom. The summed E-state index contributed by atoms with van der Waals surface area (Å²) < 4.78 is 0. The van der Waals surface area contributed by atoms with Crippen molar-refractivity contribution in [3.8, 4) is 12.3 Å². The van der Waals surface area contributed by atoms with Gasteiger partial charge >= 0.3 is 0 Å². The molecule has 0 bridgehead atoms. The van der Waals surface area contributed by atoms with E-state index in [1.807, 2.05) is 6.92 Å². The van der Waals surface area contributed by atoms with Gasteiger partial charge in [-0.2, -0.15) is 0 Å². The molecular weight excluding hydrogens is 110 g/mol. The Labute approximate surface area is 50.7 Å². The third-order valence-corrected chi connectivity index (χ3v) is 0.440. The fourth-order valence-corrected chi connectivity index (χ4v) is 0.186. The molecule has 0 saturated heterocycles. The summed E-state index contributed by atoms with van der Waals surface area (Å²) in [5.41, 5.74) is 5.26. The maximum Gasteiger partial charge on any atom is 0.0235 e. The van der Waals surface area contributed by atoms with E-state index in [4.69, 9.17) is 12.2 Å². The lowest BCUT2D eigenvalue weighted by atomic mass is 10.3. The van der Waals surface area contributed by atoms with Crippen LogP contribution in [0.25, 0.3) is 0 Å². The smallest absolute Gasteiger partial charge is 0.0235 e. The predicted octanol–water partition coefficient (Wildman–Crippen LogP) is 0.779. The minimum Gasteiger partial charge on any atom is -0.327 e. The SMILES string of the molecule is C#CC[C@@H](C)N.Cl. The summed E-state index contributed by atoms with van der Waals surface area (Å²) in [6.45, 7) is 1.89. The molecule has 0 aromatic carbocycles. The lowest BCUT2D eigenvalue weighted by molar-refractivity contribution is 0.771. The first-order valence-corrected chi connectivity index (χ1v) is 1.96. The van der Waals surface area contributed by atoms with Crippen molar-refractivity contribution in [1.82, 2.24) is 0 Å². The van der Waals surface area contributed by atoms with Gasteiger partial charge < -0.3 is 5.73 Å². The molecule has 0 heterocycles. The third kappa shape index (κ3) is 10.7. The van der Waals surface area contributed by atoms with Crippen molar-refractivity contribution in [2.75, 3.05) is 0 Å². The van der Waals surface area contributed by atoms with E-state index in [-0.39, 0.29) is 18.4 Å². The van der Waals surface area contributed by atoms with Gasteiger partial charge in [0, 0.05) is 12.5 Å². The van der Waals surface area contributed by atoms with Crippen LogP contribution in [0.3, 0.4) is 0 Å². The number of rotatable bonds is 1. The second kappa shape index (κ2) is 5.81. The fraction of sp³-hybridized carbons (Fsp3) is 0.600. The highest BCUT2D eigenvalue weighted by molar-refractivity contribution is 5.85. The minimum atomic E-state index is 0. The first kappa shape index (κ1) is 9.94. The van der Waals surface area contributed by atoms with E-state index in [0.717, 1.165) is 0 Å². The molecule has 0 aliphatic carbocycles. The standard InChI is InChI=1S/C5H9N.ClH/c1-3-4-5(2)6;/h1,5H,4,6H2,2H3;1H/t5-;/m1./s1. The van der Waals surface area contributed by atoms with E-state index in [0.29, 0.717) is 6.42 Å². The zero-order valence-electron chi connectivity index (χ0n) is 4.35. The molecule has 0 fully saturated rings. The van der Waals surface area contributed by atoms with Gasteiger partial charge in [-0.15, -0.1) is 24.8 Å². The molecule has 42 valence electrons. The van der Waals surface area contributed by atoms with Crippen LogP contribution in [0.15, 0.2) is 0 Å². The van der Waals surface area contributed by atoms with Gasteiger partial charge in [-0.1, -0.05) is 0 Å². The van der Waals surface area contributed by atoms with E-state index in [9.17, 15) is 0 Å². The molecule has 0 radical (unpaired) electrons. The number of terminal acetylenes is 1. The third-order valence-electron chi connectivity index (χ3n) is 0.440. The van der Waals surface area contributed by atoms with Crippen molar-refractivity contribution in [2.24, 2.45) is 5.73 Å². The van der Waals surface area contributed by atoms with Crippen LogP contribution in [0.4, 0.5) is 0 Å². The Morgan fingerprint density at radius 1 is 1.86 bits per heavy atom. The van der Waals surface area contributed by atoms with Crippen molar-refractivity contribution in [3.63, 3.8) is 0 Å². The Hall–Kier alpha value is -0.190. The number of nitrogens with two attached hydrogens (primary N) is 1. The topological polar surface area (TPSA) is 26.0 Å². The van der Waals surface area contributed by atoms with E-state index < -0.39 is 0 Å². The van der Waals surface area contributed by atoms with Crippen molar-refractivity contribution in [2.45, 2.75) is 19.4 Å². The van der Waals surface area contributed by atoms with E-state index in [2.05, 4.69) is 5.92 Å². The molecule has 0 amide bonds. The van der Waals surface area contributed by atoms with Crippen molar-refractivity contribution in [1.29, 1.82) is 0 Å². The monoisotopic (exact) mass is 119 g/mol. The Balaban J connectivity index is 0. The summed E-state index contributed by atoms with van der Waals surface area (Å²) in [4.78, 5) is 0. The molecule has 0 unspecified atom stereocenters. The maximum atomic E-state index is 5.26. The van der Waals surface area contributed by atoms with E-state index >= 15 is 0 Å². The van der Waals surface area contributed by atoms with Gasteiger partial charge in [0.2, 0.25) is 0 Å². The van der Waals surface area contributed by atoms with E-state index in [1.165, 1.54) is 0 Å². The molecule has 0 aromatic rings. The molecule has 0 rings (SSSR count). The lowest BCUT2D eigenvalue weighted by Crippen LogP contribution is -2.12. The van der Waals surface area contributed by atoms with Gasteiger partial charge in [0.25, 0.3) is 0 Å². The van der Waals surface area contributed by atoms with Crippen molar-refractivity contribution in [3.05, 3.63) is 0 Å². The van der Waals surface area contributed by atoms with Crippen LogP contribution in [0.2, 0.25) is 0 Å². The second-order valence-electron chi connectivity index (χ2n) is 1.39. The van der Waals surface area contributed by atoms with Gasteiger partial charge in [-0.25, -0.2) is 0 Å². The summed E-state index contributed by atoms with van der Waals surface area (Å²) in [6.07, 6.45) is 5.58. The van der Waals surface area contributed by atoms with Crippen LogP contribution in [-0.4, -0.2) is 6.04 Å². The highest BCUT2D eigenvalue weighted by atomic mass is 35.5. The summed E-state index contributed by atoms with van der Waals surface area (Å²) in [5.74, 6) is 2.44. The molecule has 0 aromatic heterocycles. The molecule has 0 aliphatic rings. The number of hydrogen-bond acceptors (Lipinski definition) is 1. The fourth-order valence-electron chi connectivity index (χ4n) is 0.186. The predicted molar refractivity (Wildman–Crippen MR) is 34.3 cm³/mol. The molecule has 2 N–H and O–H groups in total. The molecule has 0 saturated carbocycles. The highest BCUT2D eigenvalue weighted by Crippen LogP contribution is 1.77. The summed E-state index contributed by atoms with van der Waals surface area (Å²) in [7, 11) is 0. The number of halogens is 1. The van der Waals surface area contributed by atoms with Crippen molar-refractivity contribution >= 4 is 12.4 Å². The normalized spacial score (nSPS) is 11.0. The zero-order valence-corrected chi connectivity index (χ0v) is 5.16. The largest absolute Gasteiger partial charge is 0.327 e. The maximum absolute atomic E-state index is 5.26. The van der Waals surface area contributed by atoms with Gasteiger partial charge in [0.05, 0.1) is 0 Å². The second-order valence-corrected chi connectivity index (χ2v) is 1.39. The van der Waals surface area contributed by atoms with Crippen molar-refractivity contribution < 1.29 is 0 Å². The quantitative estimate of drug-likeness (QED) is 0.508. The average molecular weight is 120 g/mol. The lowest BCUT2D eigenvalue weighted by Gasteiger charge is -1.91. The Kier molecular flexibility index (Phi) is 8.25. The van der Waals surface area contributed by atoms with Crippen LogP contribution in [-0.2, 0) is 0 Å². The van der Waals surface area contributed by atoms with Crippen LogP contribution < -0.4 is 5.73 Å². The first-order chi connectivity index (χ1) is 2.77. The van der Waals surface area contributed by atoms with Crippen LogP contribution >= 0.6 is 12.4 Å². The molecule has 2 heteroatoms. The highest BCUT2D eigenvalue weighted by Gasteiger charge is 1.83. The molecule has 0 spiro atoms. The molecule has 1 atom stereocenters. The van der Waals surface area contributed by atoms with Gasteiger partial charge in [0.1, 0.15) is 0 Å². The first-order valence-electron chi connectivity index (χ1n) is 1.96. The average Bonchev–Trinajstić information content (AvgIpc) is 1.35. The van der Waals surface area contributed by atoms with Gasteiger partial charge in [-0.05, 0) is 6.92 Å². The van der Waals surface area contributed by atoms with E-state index in [1.54, 1.807) is 0 Å². The summed E-state index contributed by atoms with van der Waals surface area (Å²) >= 11 is 0. The molecule has 0 aliphatic heterocycles. The molecular formula is C5H10ClN. The summed E-state index contributed by atoms with van der Waals surface area (Å²) in [6, 6.07) is 0.162. The summed E-state index contributed by atoms with van der Waals surface area (Å²) in [5, 5.41) is 0. The zero-order chi connectivity index (χ0) is 4.99. The molecule has 7 heavy (non-hydrogen) atoms. The van der Waals surface area contributed by atoms with Crippen LogP contribution in [0.1, 0.15) is 13.3 Å². The molecule has 1 nitrogen and oxygen atoms in total. The number of hydrogen-bond donors (Lipinski definition) is 1. The Bertz CT molecular complexity index is 63.0. The Morgan fingerprint density at radius 2 is 2.29 bits per heavy atom. The van der Waals surface area contributed by atoms with Crippen LogP contribution in [0, 0.1) is 12.3 Å². The van der Waals surface area contributed by atoms with Gasteiger partial charge in [-0.3, -0.25) is 0 Å². The van der Waals surface area contributed by atoms with Gasteiger partial charge in [0.15, 0.2) is 0 Å². The minimum absolute atomic E-state index is 0.